The first-order valence-electron chi connectivity index (χ1n) is 8.89. The Morgan fingerprint density at radius 3 is 2.36 bits per heavy atom. The van der Waals surface area contributed by atoms with Crippen molar-refractivity contribution in [3.8, 4) is 0 Å². The van der Waals surface area contributed by atoms with Gasteiger partial charge >= 0.3 is 5.97 Å². The summed E-state index contributed by atoms with van der Waals surface area (Å²) in [5, 5.41) is 3.17. The minimum Gasteiger partial charge on any atom is -0.449 e. The maximum Gasteiger partial charge on any atom is 0.375 e. The molecule has 0 spiro atoms. The largest absolute Gasteiger partial charge is 0.449 e. The van der Waals surface area contributed by atoms with Gasteiger partial charge < -0.3 is 14.5 Å². The summed E-state index contributed by atoms with van der Waals surface area (Å²) in [5.74, 6) is -1.58. The van der Waals surface area contributed by atoms with Crippen LogP contribution in [0.4, 0.5) is 5.69 Å². The van der Waals surface area contributed by atoms with E-state index in [1.165, 1.54) is 6.92 Å². The van der Waals surface area contributed by atoms with Gasteiger partial charge in [-0.3, -0.25) is 9.59 Å². The average molecular weight is 379 g/mol. The Hall–Kier alpha value is -3.41. The number of hydrogen-bond donors (Lipinski definition) is 1. The summed E-state index contributed by atoms with van der Waals surface area (Å²) < 4.78 is 10.6. The Labute approximate surface area is 162 Å². The highest BCUT2D eigenvalue weighted by Gasteiger charge is 2.22. The van der Waals surface area contributed by atoms with E-state index in [2.05, 4.69) is 5.32 Å². The smallest absolute Gasteiger partial charge is 0.375 e. The summed E-state index contributed by atoms with van der Waals surface area (Å²) >= 11 is 0. The van der Waals surface area contributed by atoms with Gasteiger partial charge in [0, 0.05) is 11.8 Å². The van der Waals surface area contributed by atoms with Crippen LogP contribution in [0.15, 0.2) is 51.7 Å². The Kier molecular flexibility index (Phi) is 5.31. The van der Waals surface area contributed by atoms with Crippen molar-refractivity contribution in [2.75, 3.05) is 5.32 Å². The van der Waals surface area contributed by atoms with Gasteiger partial charge in [0.1, 0.15) is 5.58 Å². The van der Waals surface area contributed by atoms with Gasteiger partial charge in [-0.25, -0.2) is 4.79 Å². The van der Waals surface area contributed by atoms with Crippen LogP contribution in [-0.4, -0.2) is 18.0 Å². The Balaban J connectivity index is 1.76. The number of ether oxygens (including phenoxy) is 1. The minimum absolute atomic E-state index is 0.244. The lowest BCUT2D eigenvalue weighted by Gasteiger charge is -2.16. The van der Waals surface area contributed by atoms with Gasteiger partial charge in [-0.1, -0.05) is 29.8 Å². The molecule has 0 aliphatic rings. The van der Waals surface area contributed by atoms with Gasteiger partial charge in [0.25, 0.3) is 5.91 Å². The highest BCUT2D eigenvalue weighted by molar-refractivity contribution is 5.98. The van der Waals surface area contributed by atoms with Crippen LogP contribution in [0.1, 0.15) is 34.2 Å². The van der Waals surface area contributed by atoms with Crippen molar-refractivity contribution in [3.63, 3.8) is 0 Å². The first kappa shape index (κ1) is 19.4. The van der Waals surface area contributed by atoms with Crippen LogP contribution in [0.3, 0.4) is 0 Å². The van der Waals surface area contributed by atoms with Gasteiger partial charge in [0.15, 0.2) is 11.5 Å². The Morgan fingerprint density at radius 2 is 1.68 bits per heavy atom. The van der Waals surface area contributed by atoms with Crippen LogP contribution >= 0.6 is 0 Å². The standard InChI is InChI=1S/C22H21NO5/c1-12-9-13(2)20(14(3)10-12)23-21(25)15(4)27-22(26)19-11-17(24)16-7-5-6-8-18(16)28-19/h5-11,15H,1-4H3,(H,23,25)/t15-/m0/s1. The summed E-state index contributed by atoms with van der Waals surface area (Å²) in [6, 6.07) is 11.6. The van der Waals surface area contributed by atoms with Gasteiger partial charge in [-0.05, 0) is 51.0 Å². The van der Waals surface area contributed by atoms with E-state index in [1.807, 2.05) is 32.9 Å². The third-order valence-corrected chi connectivity index (χ3v) is 4.41. The highest BCUT2D eigenvalue weighted by Crippen LogP contribution is 2.22. The molecular weight excluding hydrogens is 358 g/mol. The topological polar surface area (TPSA) is 85.6 Å². The molecule has 1 atom stereocenters. The number of benzene rings is 2. The number of carbonyl (C=O) groups is 2. The molecule has 144 valence electrons. The predicted molar refractivity (Wildman–Crippen MR) is 107 cm³/mol. The maximum atomic E-state index is 12.5. The first-order chi connectivity index (χ1) is 13.3. The van der Waals surface area contributed by atoms with E-state index in [0.29, 0.717) is 11.1 Å². The zero-order valence-electron chi connectivity index (χ0n) is 16.2. The van der Waals surface area contributed by atoms with Crippen molar-refractivity contribution in [1.29, 1.82) is 0 Å². The predicted octanol–water partition coefficient (Wildman–Crippen LogP) is 3.90. The zero-order valence-corrected chi connectivity index (χ0v) is 16.2. The average Bonchev–Trinajstić information content (AvgIpc) is 2.64. The number of esters is 1. The van der Waals surface area contributed by atoms with E-state index in [-0.39, 0.29) is 16.8 Å². The summed E-state index contributed by atoms with van der Waals surface area (Å²) in [5.41, 5.74) is 3.56. The number of anilines is 1. The molecule has 0 aliphatic heterocycles. The Morgan fingerprint density at radius 1 is 1.04 bits per heavy atom. The molecule has 2 aromatic carbocycles. The number of rotatable bonds is 4. The third kappa shape index (κ3) is 3.96. The minimum atomic E-state index is -1.07. The van der Waals surface area contributed by atoms with Crippen LogP contribution in [0.25, 0.3) is 11.0 Å². The fraction of sp³-hybridized carbons (Fsp3) is 0.227. The van der Waals surface area contributed by atoms with E-state index < -0.39 is 18.0 Å². The lowest BCUT2D eigenvalue weighted by Crippen LogP contribution is -2.30. The number of nitrogens with one attached hydrogen (secondary N) is 1. The van der Waals surface area contributed by atoms with Crippen LogP contribution in [-0.2, 0) is 9.53 Å². The van der Waals surface area contributed by atoms with E-state index in [0.717, 1.165) is 22.8 Å². The van der Waals surface area contributed by atoms with Crippen LogP contribution in [0.5, 0.6) is 0 Å². The van der Waals surface area contributed by atoms with Gasteiger partial charge in [0.05, 0.1) is 5.39 Å². The maximum absolute atomic E-state index is 12.5. The number of aryl methyl sites for hydroxylation is 3. The van der Waals surface area contributed by atoms with Crippen LogP contribution in [0.2, 0.25) is 0 Å². The molecule has 1 heterocycles. The summed E-state index contributed by atoms with van der Waals surface area (Å²) in [4.78, 5) is 36.9. The molecule has 3 aromatic rings. The second kappa shape index (κ2) is 7.68. The van der Waals surface area contributed by atoms with E-state index in [9.17, 15) is 14.4 Å². The van der Waals surface area contributed by atoms with E-state index >= 15 is 0 Å². The number of para-hydroxylation sites is 1. The summed E-state index contributed by atoms with van der Waals surface area (Å²) in [6.45, 7) is 7.24. The second-order valence-electron chi connectivity index (χ2n) is 6.78. The third-order valence-electron chi connectivity index (χ3n) is 4.41. The molecule has 0 aliphatic carbocycles. The monoisotopic (exact) mass is 379 g/mol. The van der Waals surface area contributed by atoms with E-state index in [1.54, 1.807) is 24.3 Å². The summed E-state index contributed by atoms with van der Waals surface area (Å²) in [6.07, 6.45) is -1.07. The summed E-state index contributed by atoms with van der Waals surface area (Å²) in [7, 11) is 0. The van der Waals surface area contributed by atoms with Crippen molar-refractivity contribution < 1.29 is 18.7 Å². The molecule has 0 saturated heterocycles. The van der Waals surface area contributed by atoms with Crippen molar-refractivity contribution in [3.05, 3.63) is 75.1 Å². The molecule has 1 amide bonds. The molecule has 1 N–H and O–H groups in total. The first-order valence-corrected chi connectivity index (χ1v) is 8.89. The van der Waals surface area contributed by atoms with Crippen LogP contribution in [0, 0.1) is 20.8 Å². The molecule has 0 fully saturated rings. The molecule has 6 heteroatoms. The van der Waals surface area contributed by atoms with Crippen LogP contribution < -0.4 is 10.7 Å². The molecule has 0 radical (unpaired) electrons. The molecular formula is C22H21NO5. The second-order valence-corrected chi connectivity index (χ2v) is 6.78. The SMILES string of the molecule is Cc1cc(C)c(NC(=O)[C@H](C)OC(=O)c2cc(=O)c3ccccc3o2)c(C)c1. The molecule has 0 unspecified atom stereocenters. The van der Waals surface area contributed by atoms with E-state index in [4.69, 9.17) is 9.15 Å². The van der Waals surface area contributed by atoms with Crippen molar-refractivity contribution in [1.82, 2.24) is 0 Å². The van der Waals surface area contributed by atoms with Crippen molar-refractivity contribution >= 4 is 28.5 Å². The lowest BCUT2D eigenvalue weighted by atomic mass is 10.0. The van der Waals surface area contributed by atoms with Gasteiger partial charge in [-0.2, -0.15) is 0 Å². The molecule has 28 heavy (non-hydrogen) atoms. The highest BCUT2D eigenvalue weighted by atomic mass is 16.6. The number of hydrogen-bond acceptors (Lipinski definition) is 5. The molecule has 0 bridgehead atoms. The van der Waals surface area contributed by atoms with Crippen molar-refractivity contribution in [2.24, 2.45) is 0 Å². The number of amides is 1. The Bertz CT molecular complexity index is 1110. The zero-order chi connectivity index (χ0) is 20.4. The molecule has 0 saturated carbocycles. The molecule has 3 rings (SSSR count). The van der Waals surface area contributed by atoms with Crippen molar-refractivity contribution in [2.45, 2.75) is 33.8 Å². The quantitative estimate of drug-likeness (QED) is 0.695. The fourth-order valence-corrected chi connectivity index (χ4v) is 3.08. The molecule has 1 aromatic heterocycles. The lowest BCUT2D eigenvalue weighted by molar-refractivity contribution is -0.123. The normalized spacial score (nSPS) is 11.9. The van der Waals surface area contributed by atoms with Gasteiger partial charge in [-0.15, -0.1) is 0 Å². The molecule has 6 nitrogen and oxygen atoms in total. The number of carbonyl (C=O) groups excluding carboxylic acids is 2. The number of fused-ring (bicyclic) bond motifs is 1. The van der Waals surface area contributed by atoms with Gasteiger partial charge in [0.2, 0.25) is 5.76 Å². The fourth-order valence-electron chi connectivity index (χ4n) is 3.08.